The van der Waals surface area contributed by atoms with Crippen LogP contribution in [0.5, 0.6) is 11.5 Å². The van der Waals surface area contributed by atoms with Gasteiger partial charge in [-0.05, 0) is 47.1 Å². The van der Waals surface area contributed by atoms with Gasteiger partial charge in [0.2, 0.25) is 5.78 Å². The van der Waals surface area contributed by atoms with Gasteiger partial charge in [0.15, 0.2) is 17.3 Å². The molecule has 2 bridgehead atoms. The van der Waals surface area contributed by atoms with Gasteiger partial charge in [0, 0.05) is 11.5 Å². The first-order valence-electron chi connectivity index (χ1n) is 9.55. The van der Waals surface area contributed by atoms with Crippen LogP contribution >= 0.6 is 0 Å². The van der Waals surface area contributed by atoms with Gasteiger partial charge in [-0.15, -0.1) is 0 Å². The van der Waals surface area contributed by atoms with E-state index >= 15 is 0 Å². The third-order valence-corrected chi connectivity index (χ3v) is 6.27. The molecule has 3 aliphatic rings. The molecule has 0 saturated carbocycles. The minimum Gasteiger partial charge on any atom is -0.493 e. The number of fused-ring (bicyclic) bond motifs is 3. The van der Waals surface area contributed by atoms with Gasteiger partial charge >= 0.3 is 11.9 Å². The van der Waals surface area contributed by atoms with Crippen LogP contribution in [0.1, 0.15) is 17.0 Å². The second-order valence-corrected chi connectivity index (χ2v) is 7.41. The van der Waals surface area contributed by atoms with Crippen molar-refractivity contribution >= 4 is 17.7 Å². The maximum Gasteiger partial charge on any atom is 0.334 e. The van der Waals surface area contributed by atoms with E-state index < -0.39 is 29.2 Å². The van der Waals surface area contributed by atoms with Crippen LogP contribution in [0.3, 0.4) is 0 Å². The number of esters is 2. The van der Waals surface area contributed by atoms with Gasteiger partial charge in [0.1, 0.15) is 0 Å². The molecule has 0 fully saturated rings. The lowest BCUT2D eigenvalue weighted by Crippen LogP contribution is -2.44. The molecule has 162 valence electrons. The van der Waals surface area contributed by atoms with Crippen LogP contribution < -0.4 is 9.47 Å². The van der Waals surface area contributed by atoms with Gasteiger partial charge in [0.25, 0.3) is 0 Å². The van der Waals surface area contributed by atoms with Crippen molar-refractivity contribution in [1.82, 2.24) is 0 Å². The van der Waals surface area contributed by atoms with Crippen molar-refractivity contribution in [2.45, 2.75) is 11.3 Å². The van der Waals surface area contributed by atoms with Crippen LogP contribution in [-0.2, 0) is 34.0 Å². The minimum absolute atomic E-state index is 0.106. The van der Waals surface area contributed by atoms with Crippen LogP contribution in [0.15, 0.2) is 47.3 Å². The van der Waals surface area contributed by atoms with E-state index in [-0.39, 0.29) is 17.1 Å². The third kappa shape index (κ3) is 2.64. The summed E-state index contributed by atoms with van der Waals surface area (Å²) < 4.78 is 26.4. The van der Waals surface area contributed by atoms with Gasteiger partial charge in [-0.3, -0.25) is 9.59 Å². The number of methoxy groups -OCH3 is 5. The van der Waals surface area contributed by atoms with Crippen LogP contribution in [0, 0.1) is 5.92 Å². The van der Waals surface area contributed by atoms with Crippen molar-refractivity contribution in [3.63, 3.8) is 0 Å². The largest absolute Gasteiger partial charge is 0.493 e. The van der Waals surface area contributed by atoms with E-state index in [4.69, 9.17) is 23.7 Å². The highest BCUT2D eigenvalue weighted by Crippen LogP contribution is 2.64. The average molecular weight is 426 g/mol. The van der Waals surface area contributed by atoms with Gasteiger partial charge in [-0.2, -0.15) is 0 Å². The molecule has 3 aliphatic carbocycles. The van der Waals surface area contributed by atoms with Gasteiger partial charge in [-0.1, -0.05) is 0 Å². The Morgan fingerprint density at radius 3 is 2.16 bits per heavy atom. The van der Waals surface area contributed by atoms with Gasteiger partial charge in [0.05, 0.1) is 46.9 Å². The monoisotopic (exact) mass is 426 g/mol. The molecule has 1 spiro atoms. The molecule has 1 aromatic carbocycles. The predicted molar refractivity (Wildman–Crippen MR) is 108 cm³/mol. The molecule has 4 rings (SSSR count). The SMILES string of the molecule is COC(=O)C1=CC2=CC(=O)C(OC)=CC23c2cc(OC)c(OC)cc2C1C3C(=O)OC. The van der Waals surface area contributed by atoms with E-state index in [1.807, 2.05) is 0 Å². The van der Waals surface area contributed by atoms with Crippen molar-refractivity contribution in [1.29, 1.82) is 0 Å². The smallest absolute Gasteiger partial charge is 0.334 e. The third-order valence-electron chi connectivity index (χ3n) is 6.27. The molecule has 1 aromatic rings. The highest BCUT2D eigenvalue weighted by Gasteiger charge is 2.62. The average Bonchev–Trinajstić information content (AvgIpc) is 3.00. The quantitative estimate of drug-likeness (QED) is 0.660. The summed E-state index contributed by atoms with van der Waals surface area (Å²) in [5.41, 5.74) is 1.05. The number of benzene rings is 1. The Morgan fingerprint density at radius 1 is 0.903 bits per heavy atom. The Morgan fingerprint density at radius 2 is 1.58 bits per heavy atom. The summed E-state index contributed by atoms with van der Waals surface area (Å²) >= 11 is 0. The van der Waals surface area contributed by atoms with E-state index in [9.17, 15) is 14.4 Å². The topological polar surface area (TPSA) is 97.4 Å². The van der Waals surface area contributed by atoms with Crippen molar-refractivity contribution in [2.75, 3.05) is 35.5 Å². The molecule has 0 aliphatic heterocycles. The maximum absolute atomic E-state index is 13.1. The summed E-state index contributed by atoms with van der Waals surface area (Å²) in [4.78, 5) is 38.5. The number of rotatable bonds is 5. The number of hydrogen-bond acceptors (Lipinski definition) is 8. The van der Waals surface area contributed by atoms with E-state index in [1.165, 1.54) is 41.6 Å². The molecule has 0 amide bonds. The summed E-state index contributed by atoms with van der Waals surface area (Å²) in [5.74, 6) is -2.00. The van der Waals surface area contributed by atoms with E-state index in [0.29, 0.717) is 28.2 Å². The fourth-order valence-electron chi connectivity index (χ4n) is 4.99. The second kappa shape index (κ2) is 7.30. The fraction of sp³-hybridized carbons (Fsp3) is 0.348. The minimum atomic E-state index is -1.08. The lowest BCUT2D eigenvalue weighted by Gasteiger charge is -2.40. The normalized spacial score (nSPS) is 25.3. The molecule has 31 heavy (non-hydrogen) atoms. The zero-order valence-electron chi connectivity index (χ0n) is 17.8. The van der Waals surface area contributed by atoms with E-state index in [1.54, 1.807) is 24.3 Å². The van der Waals surface area contributed by atoms with Gasteiger partial charge in [-0.25, -0.2) is 4.79 Å². The zero-order valence-corrected chi connectivity index (χ0v) is 17.8. The lowest BCUT2D eigenvalue weighted by molar-refractivity contribution is -0.147. The number of carbonyl (C=O) groups excluding carboxylic acids is 3. The number of ketones is 1. The Kier molecular flexibility index (Phi) is 4.88. The summed E-state index contributed by atoms with van der Waals surface area (Å²) in [6.07, 6.45) is 4.65. The molecule has 3 unspecified atom stereocenters. The molecule has 0 N–H and O–H groups in total. The summed E-state index contributed by atoms with van der Waals surface area (Å²) in [6, 6.07) is 3.52. The zero-order chi connectivity index (χ0) is 22.5. The fourth-order valence-corrected chi connectivity index (χ4v) is 4.99. The molecule has 0 radical (unpaired) electrons. The summed E-state index contributed by atoms with van der Waals surface area (Å²) in [7, 11) is 6.97. The van der Waals surface area contributed by atoms with Crippen LogP contribution in [-0.4, -0.2) is 53.3 Å². The molecule has 8 heteroatoms. The Labute approximate surface area is 179 Å². The van der Waals surface area contributed by atoms with Crippen LogP contribution in [0.25, 0.3) is 0 Å². The van der Waals surface area contributed by atoms with Crippen molar-refractivity contribution in [2.24, 2.45) is 5.92 Å². The maximum atomic E-state index is 13.1. The molecular formula is C23H22O8. The first kappa shape index (κ1) is 20.7. The molecular weight excluding hydrogens is 404 g/mol. The highest BCUT2D eigenvalue weighted by molar-refractivity contribution is 6.07. The van der Waals surface area contributed by atoms with E-state index in [2.05, 4.69) is 0 Å². The van der Waals surface area contributed by atoms with Crippen LogP contribution in [0.4, 0.5) is 0 Å². The lowest BCUT2D eigenvalue weighted by atomic mass is 9.61. The Balaban J connectivity index is 2.14. The summed E-state index contributed by atoms with van der Waals surface area (Å²) in [6.45, 7) is 0. The Hall–Kier alpha value is -3.55. The Bertz CT molecular complexity index is 1090. The molecule has 8 nitrogen and oxygen atoms in total. The molecule has 3 atom stereocenters. The van der Waals surface area contributed by atoms with Crippen molar-refractivity contribution in [3.8, 4) is 11.5 Å². The number of ether oxygens (including phenoxy) is 5. The molecule has 0 heterocycles. The standard InChI is InChI=1S/C23H22O8/c1-27-16-8-12-14(9-17(16)28-2)23-10-18(29-3)15(24)7-11(23)6-13(21(25)30-4)19(12)20(23)22(26)31-5/h6-10,19-20H,1-5H3. The molecule has 0 saturated heterocycles. The first-order valence-corrected chi connectivity index (χ1v) is 9.55. The van der Waals surface area contributed by atoms with Gasteiger partial charge < -0.3 is 23.7 Å². The number of carbonyl (C=O) groups is 3. The second-order valence-electron chi connectivity index (χ2n) is 7.41. The molecule has 0 aromatic heterocycles. The predicted octanol–water partition coefficient (Wildman–Crippen LogP) is 1.98. The first-order chi connectivity index (χ1) is 14.9. The highest BCUT2D eigenvalue weighted by atomic mass is 16.5. The van der Waals surface area contributed by atoms with Crippen LogP contribution in [0.2, 0.25) is 0 Å². The number of hydrogen-bond donors (Lipinski definition) is 0. The summed E-state index contributed by atoms with van der Waals surface area (Å²) in [5, 5.41) is 0. The van der Waals surface area contributed by atoms with Crippen molar-refractivity contribution < 1.29 is 38.1 Å². The number of allylic oxidation sites excluding steroid dienone is 4. The van der Waals surface area contributed by atoms with Crippen molar-refractivity contribution in [3.05, 3.63) is 58.4 Å². The van der Waals surface area contributed by atoms with E-state index in [0.717, 1.165) is 0 Å².